The third-order valence-electron chi connectivity index (χ3n) is 4.15. The van der Waals surface area contributed by atoms with Crippen molar-refractivity contribution < 1.29 is 17.9 Å². The Morgan fingerprint density at radius 2 is 2.21 bits per heavy atom. The van der Waals surface area contributed by atoms with E-state index in [9.17, 15) is 13.2 Å². The van der Waals surface area contributed by atoms with Crippen LogP contribution in [0, 0.1) is 0 Å². The van der Waals surface area contributed by atoms with Crippen LogP contribution in [0.3, 0.4) is 0 Å². The number of nitrogens with zero attached hydrogens (tertiary/aromatic N) is 4. The Labute approximate surface area is 143 Å². The molecule has 0 saturated carbocycles. The molecule has 2 heterocycles. The first-order chi connectivity index (χ1) is 11.3. The minimum absolute atomic E-state index is 0.0250. The van der Waals surface area contributed by atoms with Gasteiger partial charge in [0.25, 0.3) is 0 Å². The van der Waals surface area contributed by atoms with Crippen molar-refractivity contribution in [3.05, 3.63) is 18.0 Å². The number of ether oxygens (including phenoxy) is 1. The van der Waals surface area contributed by atoms with Crippen LogP contribution in [0.25, 0.3) is 0 Å². The van der Waals surface area contributed by atoms with Gasteiger partial charge < -0.3 is 9.64 Å². The summed E-state index contributed by atoms with van der Waals surface area (Å²) in [7, 11) is 0.393. The SMILES string of the molecule is CCS(=O)(=O)CCN1Cc2ccnn2[C@H](COCC(=O)N(C)C)C1. The average molecular weight is 358 g/mol. The molecule has 24 heavy (non-hydrogen) atoms. The highest BCUT2D eigenvalue weighted by Gasteiger charge is 2.26. The van der Waals surface area contributed by atoms with E-state index < -0.39 is 9.84 Å². The number of aromatic nitrogens is 2. The molecule has 1 aromatic rings. The van der Waals surface area contributed by atoms with Gasteiger partial charge in [-0.3, -0.25) is 14.4 Å². The summed E-state index contributed by atoms with van der Waals surface area (Å²) in [6.07, 6.45) is 1.74. The predicted octanol–water partition coefficient (Wildman–Crippen LogP) is -0.221. The Hall–Kier alpha value is -1.45. The fraction of sp³-hybridized carbons (Fsp3) is 0.733. The normalized spacial score (nSPS) is 18.4. The molecule has 0 unspecified atom stereocenters. The fourth-order valence-electron chi connectivity index (χ4n) is 2.58. The van der Waals surface area contributed by atoms with E-state index in [0.29, 0.717) is 26.2 Å². The lowest BCUT2D eigenvalue weighted by atomic mass is 10.2. The van der Waals surface area contributed by atoms with Crippen molar-refractivity contribution in [1.29, 1.82) is 0 Å². The fourth-order valence-corrected chi connectivity index (χ4v) is 3.41. The molecule has 1 aliphatic rings. The van der Waals surface area contributed by atoms with E-state index in [1.165, 1.54) is 4.90 Å². The van der Waals surface area contributed by atoms with Crippen LogP contribution in [0.15, 0.2) is 12.3 Å². The van der Waals surface area contributed by atoms with Gasteiger partial charge in [0, 0.05) is 45.7 Å². The van der Waals surface area contributed by atoms with E-state index in [-0.39, 0.29) is 30.1 Å². The molecule has 1 aliphatic heterocycles. The molecule has 9 heteroatoms. The van der Waals surface area contributed by atoms with E-state index in [1.807, 2.05) is 10.7 Å². The third kappa shape index (κ3) is 5.02. The van der Waals surface area contributed by atoms with Gasteiger partial charge in [-0.2, -0.15) is 5.10 Å². The van der Waals surface area contributed by atoms with Gasteiger partial charge in [-0.05, 0) is 6.07 Å². The van der Waals surface area contributed by atoms with Crippen LogP contribution in [-0.4, -0.2) is 85.8 Å². The highest BCUT2D eigenvalue weighted by molar-refractivity contribution is 7.91. The lowest BCUT2D eigenvalue weighted by molar-refractivity contribution is -0.134. The Morgan fingerprint density at radius 3 is 2.88 bits per heavy atom. The summed E-state index contributed by atoms with van der Waals surface area (Å²) in [5.41, 5.74) is 1.03. The molecule has 136 valence electrons. The standard InChI is InChI=1S/C15H26N4O4S/c1-4-24(21,22)8-7-18-9-13-5-6-16-19(13)14(10-18)11-23-12-15(20)17(2)3/h5-6,14H,4,7-12H2,1-3H3/t14-/m0/s1. The first-order valence-electron chi connectivity index (χ1n) is 8.05. The molecule has 0 N–H and O–H groups in total. The average Bonchev–Trinajstić information content (AvgIpc) is 3.01. The Bertz CT molecular complexity index is 656. The number of carbonyl (C=O) groups is 1. The van der Waals surface area contributed by atoms with Gasteiger partial charge in [0.1, 0.15) is 6.61 Å². The first kappa shape index (κ1) is 18.9. The molecule has 0 saturated heterocycles. The van der Waals surface area contributed by atoms with Crippen molar-refractivity contribution in [2.75, 3.05) is 51.9 Å². The molecule has 0 fully saturated rings. The molecule has 0 radical (unpaired) electrons. The minimum Gasteiger partial charge on any atom is -0.369 e. The zero-order valence-corrected chi connectivity index (χ0v) is 15.3. The van der Waals surface area contributed by atoms with Crippen molar-refractivity contribution in [3.63, 3.8) is 0 Å². The van der Waals surface area contributed by atoms with Crippen LogP contribution in [0.4, 0.5) is 0 Å². The van der Waals surface area contributed by atoms with Gasteiger partial charge in [0.2, 0.25) is 5.91 Å². The van der Waals surface area contributed by atoms with Crippen LogP contribution >= 0.6 is 0 Å². The molecule has 1 atom stereocenters. The first-order valence-corrected chi connectivity index (χ1v) is 9.87. The maximum atomic E-state index is 11.7. The van der Waals surface area contributed by atoms with Gasteiger partial charge in [0.05, 0.1) is 24.1 Å². The second-order valence-corrected chi connectivity index (χ2v) is 8.67. The van der Waals surface area contributed by atoms with Crippen molar-refractivity contribution >= 4 is 15.7 Å². The Kier molecular flexibility index (Phi) is 6.36. The summed E-state index contributed by atoms with van der Waals surface area (Å²) >= 11 is 0. The van der Waals surface area contributed by atoms with Crippen molar-refractivity contribution in [1.82, 2.24) is 19.6 Å². The molecule has 0 aromatic carbocycles. The van der Waals surface area contributed by atoms with Gasteiger partial charge in [0.15, 0.2) is 9.84 Å². The number of fused-ring (bicyclic) bond motifs is 1. The van der Waals surface area contributed by atoms with Crippen molar-refractivity contribution in [2.24, 2.45) is 0 Å². The molecule has 1 amide bonds. The highest BCUT2D eigenvalue weighted by atomic mass is 32.2. The van der Waals surface area contributed by atoms with Gasteiger partial charge >= 0.3 is 0 Å². The summed E-state index contributed by atoms with van der Waals surface area (Å²) < 4.78 is 30.9. The van der Waals surface area contributed by atoms with Gasteiger partial charge in [-0.1, -0.05) is 6.92 Å². The van der Waals surface area contributed by atoms with Crippen LogP contribution in [0.1, 0.15) is 18.7 Å². The number of sulfone groups is 1. The molecule has 2 rings (SSSR count). The minimum atomic E-state index is -2.98. The quantitative estimate of drug-likeness (QED) is 0.639. The van der Waals surface area contributed by atoms with Crippen LogP contribution in [0.2, 0.25) is 0 Å². The lowest BCUT2D eigenvalue weighted by Gasteiger charge is -2.33. The number of hydrogen-bond acceptors (Lipinski definition) is 6. The van der Waals surface area contributed by atoms with E-state index in [1.54, 1.807) is 27.2 Å². The van der Waals surface area contributed by atoms with E-state index >= 15 is 0 Å². The molecular weight excluding hydrogens is 332 g/mol. The van der Waals surface area contributed by atoms with Crippen LogP contribution < -0.4 is 0 Å². The van der Waals surface area contributed by atoms with E-state index in [4.69, 9.17) is 4.74 Å². The highest BCUT2D eigenvalue weighted by Crippen LogP contribution is 2.20. The summed E-state index contributed by atoms with van der Waals surface area (Å²) in [6, 6.07) is 1.90. The summed E-state index contributed by atoms with van der Waals surface area (Å²) in [6.45, 7) is 3.89. The largest absolute Gasteiger partial charge is 0.369 e. The molecule has 0 aliphatic carbocycles. The smallest absolute Gasteiger partial charge is 0.248 e. The number of carbonyl (C=O) groups excluding carboxylic acids is 1. The molecular formula is C15H26N4O4S. The van der Waals surface area contributed by atoms with Crippen molar-refractivity contribution in [3.8, 4) is 0 Å². The zero-order chi connectivity index (χ0) is 17.7. The van der Waals surface area contributed by atoms with E-state index in [2.05, 4.69) is 10.00 Å². The molecule has 0 bridgehead atoms. The monoisotopic (exact) mass is 358 g/mol. The number of hydrogen-bond donors (Lipinski definition) is 0. The molecule has 0 spiro atoms. The van der Waals surface area contributed by atoms with Crippen LogP contribution in [0.5, 0.6) is 0 Å². The van der Waals surface area contributed by atoms with E-state index in [0.717, 1.165) is 5.69 Å². The van der Waals surface area contributed by atoms with Crippen molar-refractivity contribution in [2.45, 2.75) is 19.5 Å². The number of amides is 1. The Balaban J connectivity index is 1.94. The maximum absolute atomic E-state index is 11.7. The third-order valence-corrected chi connectivity index (χ3v) is 5.83. The topological polar surface area (TPSA) is 84.7 Å². The predicted molar refractivity (Wildman–Crippen MR) is 90.4 cm³/mol. The van der Waals surface area contributed by atoms with Gasteiger partial charge in [-0.25, -0.2) is 8.42 Å². The second kappa shape index (κ2) is 8.09. The van der Waals surface area contributed by atoms with Crippen LogP contribution in [-0.2, 0) is 25.9 Å². The second-order valence-electron chi connectivity index (χ2n) is 6.20. The molecule has 1 aromatic heterocycles. The lowest BCUT2D eigenvalue weighted by Crippen LogP contribution is -2.42. The number of likely N-dealkylation sites (N-methyl/N-ethyl adjacent to an activating group) is 1. The maximum Gasteiger partial charge on any atom is 0.248 e. The van der Waals surface area contributed by atoms with Gasteiger partial charge in [-0.15, -0.1) is 0 Å². The zero-order valence-electron chi connectivity index (χ0n) is 14.5. The number of rotatable bonds is 8. The Morgan fingerprint density at radius 1 is 1.46 bits per heavy atom. The summed E-state index contributed by atoms with van der Waals surface area (Å²) in [5.74, 6) is 0.236. The summed E-state index contributed by atoms with van der Waals surface area (Å²) in [4.78, 5) is 15.2. The molecule has 8 nitrogen and oxygen atoms in total. The summed E-state index contributed by atoms with van der Waals surface area (Å²) in [5, 5.41) is 4.33.